The highest BCUT2D eigenvalue weighted by Crippen LogP contribution is 2.23. The molecule has 8 heteroatoms. The maximum atomic E-state index is 13.3. The number of aromatic nitrogens is 3. The first-order chi connectivity index (χ1) is 13.9. The van der Waals surface area contributed by atoms with Crippen molar-refractivity contribution in [3.05, 3.63) is 23.0 Å². The lowest BCUT2D eigenvalue weighted by Gasteiger charge is -2.36. The third kappa shape index (κ3) is 3.99. The SMILES string of the molecule is Cc1cc(C(=O)N2CCN(CC(=O)N3CCCCC3)CC2)c2c(C)nn(C)c2n1. The fourth-order valence-corrected chi connectivity index (χ4v) is 4.45. The molecule has 2 aromatic heterocycles. The van der Waals surface area contributed by atoms with Gasteiger partial charge in [0.05, 0.1) is 23.2 Å². The number of hydrogen-bond donors (Lipinski definition) is 0. The lowest BCUT2D eigenvalue weighted by atomic mass is 10.1. The van der Waals surface area contributed by atoms with Crippen molar-refractivity contribution < 1.29 is 9.59 Å². The van der Waals surface area contributed by atoms with E-state index in [0.29, 0.717) is 25.2 Å². The molecule has 0 bridgehead atoms. The Labute approximate surface area is 171 Å². The van der Waals surface area contributed by atoms with Crippen LogP contribution in [0, 0.1) is 13.8 Å². The number of amides is 2. The fraction of sp³-hybridized carbons (Fsp3) is 0.619. The zero-order chi connectivity index (χ0) is 20.5. The molecule has 2 aliphatic heterocycles. The van der Waals surface area contributed by atoms with Gasteiger partial charge >= 0.3 is 0 Å². The Morgan fingerprint density at radius 1 is 0.966 bits per heavy atom. The molecule has 2 aromatic rings. The minimum atomic E-state index is 0.0265. The Bertz CT molecular complexity index is 923. The van der Waals surface area contributed by atoms with E-state index < -0.39 is 0 Å². The quantitative estimate of drug-likeness (QED) is 0.780. The van der Waals surface area contributed by atoms with Crippen molar-refractivity contribution in [1.29, 1.82) is 0 Å². The van der Waals surface area contributed by atoms with Gasteiger partial charge in [0.25, 0.3) is 5.91 Å². The number of hydrogen-bond acceptors (Lipinski definition) is 5. The average Bonchev–Trinajstić information content (AvgIpc) is 3.01. The number of fused-ring (bicyclic) bond motifs is 1. The minimum Gasteiger partial charge on any atom is -0.342 e. The summed E-state index contributed by atoms with van der Waals surface area (Å²) in [4.78, 5) is 36.4. The largest absolute Gasteiger partial charge is 0.342 e. The first-order valence-electron chi connectivity index (χ1n) is 10.5. The van der Waals surface area contributed by atoms with Gasteiger partial charge < -0.3 is 9.80 Å². The summed E-state index contributed by atoms with van der Waals surface area (Å²) >= 11 is 0. The van der Waals surface area contributed by atoms with Crippen molar-refractivity contribution >= 4 is 22.8 Å². The van der Waals surface area contributed by atoms with Crippen molar-refractivity contribution in [2.75, 3.05) is 45.8 Å². The Kier molecular flexibility index (Phi) is 5.54. The van der Waals surface area contributed by atoms with Gasteiger partial charge in [-0.1, -0.05) is 0 Å². The molecule has 2 amide bonds. The van der Waals surface area contributed by atoms with E-state index in [2.05, 4.69) is 15.0 Å². The van der Waals surface area contributed by atoms with Gasteiger partial charge in [-0.25, -0.2) is 4.98 Å². The molecule has 29 heavy (non-hydrogen) atoms. The maximum absolute atomic E-state index is 13.3. The Hall–Kier alpha value is -2.48. The highest BCUT2D eigenvalue weighted by Gasteiger charge is 2.27. The predicted molar refractivity (Wildman–Crippen MR) is 111 cm³/mol. The molecule has 0 spiro atoms. The minimum absolute atomic E-state index is 0.0265. The van der Waals surface area contributed by atoms with Crippen LogP contribution in [0.3, 0.4) is 0 Å². The summed E-state index contributed by atoms with van der Waals surface area (Å²) in [6.07, 6.45) is 3.45. The molecule has 8 nitrogen and oxygen atoms in total. The summed E-state index contributed by atoms with van der Waals surface area (Å²) < 4.78 is 1.73. The number of carbonyl (C=O) groups is 2. The van der Waals surface area contributed by atoms with E-state index in [4.69, 9.17) is 0 Å². The normalized spacial score (nSPS) is 18.4. The lowest BCUT2D eigenvalue weighted by Crippen LogP contribution is -2.52. The van der Waals surface area contributed by atoms with Crippen molar-refractivity contribution in [3.8, 4) is 0 Å². The number of pyridine rings is 1. The smallest absolute Gasteiger partial charge is 0.254 e. The molecule has 2 aliphatic rings. The molecule has 0 aliphatic carbocycles. The van der Waals surface area contributed by atoms with Gasteiger partial charge in [0.2, 0.25) is 5.91 Å². The molecule has 0 radical (unpaired) electrons. The van der Waals surface area contributed by atoms with E-state index in [-0.39, 0.29) is 11.8 Å². The van der Waals surface area contributed by atoms with Crippen LogP contribution in [0.1, 0.15) is 41.0 Å². The highest BCUT2D eigenvalue weighted by molar-refractivity contribution is 6.06. The Morgan fingerprint density at radius 2 is 1.66 bits per heavy atom. The summed E-state index contributed by atoms with van der Waals surface area (Å²) in [5.41, 5.74) is 3.06. The Balaban J connectivity index is 1.42. The summed E-state index contributed by atoms with van der Waals surface area (Å²) in [5.74, 6) is 0.250. The van der Waals surface area contributed by atoms with E-state index in [1.54, 1.807) is 4.68 Å². The number of piperidine rings is 1. The molecule has 0 aromatic carbocycles. The van der Waals surface area contributed by atoms with E-state index in [0.717, 1.165) is 61.4 Å². The highest BCUT2D eigenvalue weighted by atomic mass is 16.2. The average molecular weight is 399 g/mol. The van der Waals surface area contributed by atoms with Crippen LogP contribution >= 0.6 is 0 Å². The van der Waals surface area contributed by atoms with Gasteiger partial charge in [0, 0.05) is 52.0 Å². The molecule has 0 saturated carbocycles. The van der Waals surface area contributed by atoms with E-state index in [9.17, 15) is 9.59 Å². The molecule has 0 atom stereocenters. The number of likely N-dealkylation sites (tertiary alicyclic amines) is 1. The van der Waals surface area contributed by atoms with Gasteiger partial charge in [-0.05, 0) is 39.2 Å². The van der Waals surface area contributed by atoms with Crippen LogP contribution in [0.5, 0.6) is 0 Å². The molecule has 2 fully saturated rings. The Morgan fingerprint density at radius 3 is 2.34 bits per heavy atom. The van der Waals surface area contributed by atoms with Crippen LogP contribution < -0.4 is 0 Å². The van der Waals surface area contributed by atoms with E-state index in [1.165, 1.54) is 6.42 Å². The van der Waals surface area contributed by atoms with Crippen molar-refractivity contribution in [2.45, 2.75) is 33.1 Å². The van der Waals surface area contributed by atoms with Crippen molar-refractivity contribution in [2.24, 2.45) is 7.05 Å². The van der Waals surface area contributed by atoms with Crippen LogP contribution in [-0.2, 0) is 11.8 Å². The second-order valence-corrected chi connectivity index (χ2v) is 8.23. The van der Waals surface area contributed by atoms with E-state index in [1.807, 2.05) is 36.8 Å². The van der Waals surface area contributed by atoms with Crippen LogP contribution in [0.25, 0.3) is 11.0 Å². The molecule has 0 N–H and O–H groups in total. The fourth-order valence-electron chi connectivity index (χ4n) is 4.45. The first kappa shape index (κ1) is 19.8. The third-order valence-electron chi connectivity index (χ3n) is 6.05. The molecule has 4 rings (SSSR count). The zero-order valence-corrected chi connectivity index (χ0v) is 17.6. The van der Waals surface area contributed by atoms with Gasteiger partial charge in [-0.3, -0.25) is 19.2 Å². The van der Waals surface area contributed by atoms with Crippen LogP contribution in [-0.4, -0.2) is 87.1 Å². The summed E-state index contributed by atoms with van der Waals surface area (Å²) in [7, 11) is 1.86. The second-order valence-electron chi connectivity index (χ2n) is 8.23. The van der Waals surface area contributed by atoms with Crippen molar-refractivity contribution in [3.63, 3.8) is 0 Å². The maximum Gasteiger partial charge on any atom is 0.254 e. The van der Waals surface area contributed by atoms with Gasteiger partial charge in [-0.2, -0.15) is 5.10 Å². The molecular weight excluding hydrogens is 368 g/mol. The number of aryl methyl sites for hydroxylation is 3. The molecule has 0 unspecified atom stereocenters. The van der Waals surface area contributed by atoms with Crippen LogP contribution in [0.4, 0.5) is 0 Å². The zero-order valence-electron chi connectivity index (χ0n) is 17.6. The topological polar surface area (TPSA) is 74.6 Å². The molecule has 4 heterocycles. The predicted octanol–water partition coefficient (Wildman–Crippen LogP) is 1.36. The monoisotopic (exact) mass is 398 g/mol. The van der Waals surface area contributed by atoms with Crippen LogP contribution in [0.15, 0.2) is 6.07 Å². The van der Waals surface area contributed by atoms with E-state index >= 15 is 0 Å². The number of rotatable bonds is 3. The summed E-state index contributed by atoms with van der Waals surface area (Å²) in [6, 6.07) is 1.87. The van der Waals surface area contributed by atoms with Crippen LogP contribution in [0.2, 0.25) is 0 Å². The first-order valence-corrected chi connectivity index (χ1v) is 10.5. The lowest BCUT2D eigenvalue weighted by molar-refractivity contribution is -0.133. The molecule has 2 saturated heterocycles. The number of carbonyl (C=O) groups excluding carboxylic acids is 2. The van der Waals surface area contributed by atoms with Gasteiger partial charge in [-0.15, -0.1) is 0 Å². The molecular formula is C21H30N6O2. The number of piperazine rings is 1. The molecule has 156 valence electrons. The summed E-state index contributed by atoms with van der Waals surface area (Å²) in [6.45, 7) is 8.78. The standard InChI is InChI=1S/C21H30N6O2/c1-15-13-17(19-16(2)23-24(3)20(19)22-15)21(29)27-11-9-25(10-12-27)14-18(28)26-7-5-4-6-8-26/h13H,4-12,14H2,1-3H3. The van der Waals surface area contributed by atoms with Crippen molar-refractivity contribution in [1.82, 2.24) is 29.5 Å². The third-order valence-corrected chi connectivity index (χ3v) is 6.05. The van der Waals surface area contributed by atoms with Gasteiger partial charge in [0.15, 0.2) is 5.65 Å². The number of nitrogens with zero attached hydrogens (tertiary/aromatic N) is 6. The summed E-state index contributed by atoms with van der Waals surface area (Å²) in [5, 5.41) is 5.28. The van der Waals surface area contributed by atoms with Gasteiger partial charge in [0.1, 0.15) is 0 Å². The second kappa shape index (κ2) is 8.10.